The maximum absolute atomic E-state index is 14.9. The molecule has 0 aliphatic heterocycles. The first-order chi connectivity index (χ1) is 14.8. The van der Waals surface area contributed by atoms with Crippen molar-refractivity contribution in [1.29, 1.82) is 0 Å². The molecule has 0 bridgehead atoms. The van der Waals surface area contributed by atoms with Crippen molar-refractivity contribution >= 4 is 6.41 Å². The van der Waals surface area contributed by atoms with Crippen molar-refractivity contribution in [3.8, 4) is 16.9 Å². The molecule has 2 aromatic carbocycles. The first-order valence-electron chi connectivity index (χ1n) is 10.2. The number of hydrogen-bond donors (Lipinski definition) is 1. The number of aryl methyl sites for hydroxylation is 2. The summed E-state index contributed by atoms with van der Waals surface area (Å²) < 4.78 is 22.2. The van der Waals surface area contributed by atoms with Gasteiger partial charge in [-0.2, -0.15) is 0 Å². The summed E-state index contributed by atoms with van der Waals surface area (Å²) in [5.41, 5.74) is 6.14. The van der Waals surface area contributed by atoms with Gasteiger partial charge in [-0.15, -0.1) is 0 Å². The largest absolute Gasteiger partial charge is 0.491 e. The van der Waals surface area contributed by atoms with Crippen LogP contribution in [0.15, 0.2) is 47.4 Å². The van der Waals surface area contributed by atoms with E-state index in [4.69, 9.17) is 4.74 Å². The molecule has 6 heteroatoms. The van der Waals surface area contributed by atoms with Crippen molar-refractivity contribution in [2.45, 2.75) is 27.2 Å². The van der Waals surface area contributed by atoms with Gasteiger partial charge >= 0.3 is 0 Å². The lowest BCUT2D eigenvalue weighted by Crippen LogP contribution is -2.19. The molecule has 0 atom stereocenters. The van der Waals surface area contributed by atoms with Crippen LogP contribution in [-0.2, 0) is 18.3 Å². The fraction of sp³-hybridized carbons (Fsp3) is 0.280. The number of halogens is 1. The molecule has 0 fully saturated rings. The Balaban J connectivity index is 1.83. The predicted octanol–water partition coefficient (Wildman–Crippen LogP) is 3.83. The number of amides is 1. The Bertz CT molecular complexity index is 1170. The lowest BCUT2D eigenvalue weighted by molar-refractivity contribution is -0.109. The molecule has 1 aromatic heterocycles. The normalized spacial score (nSPS) is 10.7. The average Bonchev–Trinajstić information content (AvgIpc) is 2.73. The Morgan fingerprint density at radius 2 is 1.87 bits per heavy atom. The van der Waals surface area contributed by atoms with E-state index in [0.29, 0.717) is 37.1 Å². The summed E-state index contributed by atoms with van der Waals surface area (Å²) in [7, 11) is 1.65. The zero-order chi connectivity index (χ0) is 22.5. The van der Waals surface area contributed by atoms with E-state index < -0.39 is 0 Å². The van der Waals surface area contributed by atoms with Gasteiger partial charge in [0.2, 0.25) is 12.0 Å². The van der Waals surface area contributed by atoms with E-state index in [0.717, 1.165) is 33.6 Å². The van der Waals surface area contributed by atoms with Gasteiger partial charge in [-0.25, -0.2) is 4.39 Å². The highest BCUT2D eigenvalue weighted by molar-refractivity contribution is 5.63. The second kappa shape index (κ2) is 9.60. The Morgan fingerprint density at radius 1 is 1.10 bits per heavy atom. The first-order valence-corrected chi connectivity index (χ1v) is 10.2. The van der Waals surface area contributed by atoms with Crippen LogP contribution in [0.25, 0.3) is 11.1 Å². The van der Waals surface area contributed by atoms with Crippen molar-refractivity contribution in [3.63, 3.8) is 0 Å². The summed E-state index contributed by atoms with van der Waals surface area (Å²) in [6.45, 7) is 6.89. The second-order valence-corrected chi connectivity index (χ2v) is 7.71. The number of ether oxygens (including phenoxy) is 1. The lowest BCUT2D eigenvalue weighted by atomic mass is 9.93. The SMILES string of the molecule is Cc1cc(Cc2ccc(-c3ccc(=O)n(C)c3)c(F)c2)c(C)c(C)c1OCCNC=O. The molecule has 1 heterocycles. The Morgan fingerprint density at radius 3 is 2.55 bits per heavy atom. The van der Waals surface area contributed by atoms with Crippen LogP contribution < -0.4 is 15.6 Å². The van der Waals surface area contributed by atoms with E-state index in [1.165, 1.54) is 10.6 Å². The molecule has 31 heavy (non-hydrogen) atoms. The Labute approximate surface area is 181 Å². The minimum Gasteiger partial charge on any atom is -0.491 e. The quantitative estimate of drug-likeness (QED) is 0.443. The van der Waals surface area contributed by atoms with Crippen molar-refractivity contribution in [2.24, 2.45) is 7.05 Å². The maximum Gasteiger partial charge on any atom is 0.250 e. The number of carbonyl (C=O) groups excluding carboxylic acids is 1. The topological polar surface area (TPSA) is 60.3 Å². The van der Waals surface area contributed by atoms with Crippen LogP contribution in [0.2, 0.25) is 0 Å². The van der Waals surface area contributed by atoms with Gasteiger partial charge in [0, 0.05) is 30.4 Å². The number of aromatic nitrogens is 1. The van der Waals surface area contributed by atoms with Crippen LogP contribution in [0, 0.1) is 26.6 Å². The number of carbonyl (C=O) groups is 1. The van der Waals surface area contributed by atoms with Crippen LogP contribution in [0.3, 0.4) is 0 Å². The highest BCUT2D eigenvalue weighted by Gasteiger charge is 2.13. The highest BCUT2D eigenvalue weighted by atomic mass is 19.1. The van der Waals surface area contributed by atoms with Crippen LogP contribution in [0.4, 0.5) is 4.39 Å². The summed E-state index contributed by atoms with van der Waals surface area (Å²) >= 11 is 0. The maximum atomic E-state index is 14.9. The van der Waals surface area contributed by atoms with Crippen molar-refractivity contribution in [1.82, 2.24) is 9.88 Å². The molecule has 1 amide bonds. The van der Waals surface area contributed by atoms with E-state index in [1.807, 2.05) is 26.8 Å². The van der Waals surface area contributed by atoms with Gasteiger partial charge in [0.25, 0.3) is 0 Å². The van der Waals surface area contributed by atoms with E-state index in [9.17, 15) is 14.0 Å². The molecule has 0 saturated carbocycles. The second-order valence-electron chi connectivity index (χ2n) is 7.71. The fourth-order valence-electron chi connectivity index (χ4n) is 3.69. The number of rotatable bonds is 8. The summed E-state index contributed by atoms with van der Waals surface area (Å²) in [6.07, 6.45) is 2.90. The Hall–Kier alpha value is -3.41. The number of pyridine rings is 1. The minimum absolute atomic E-state index is 0.130. The summed E-state index contributed by atoms with van der Waals surface area (Å²) in [4.78, 5) is 22.0. The smallest absolute Gasteiger partial charge is 0.250 e. The molecule has 162 valence electrons. The molecule has 5 nitrogen and oxygen atoms in total. The van der Waals surface area contributed by atoms with E-state index in [1.54, 1.807) is 31.4 Å². The molecule has 3 rings (SSSR count). The van der Waals surface area contributed by atoms with Crippen LogP contribution in [0.1, 0.15) is 27.8 Å². The number of nitrogens with one attached hydrogen (secondary N) is 1. The zero-order valence-electron chi connectivity index (χ0n) is 18.3. The summed E-state index contributed by atoms with van der Waals surface area (Å²) in [5.74, 6) is 0.509. The fourth-order valence-corrected chi connectivity index (χ4v) is 3.69. The molecular formula is C25H27FN2O3. The van der Waals surface area contributed by atoms with Crippen LogP contribution in [0.5, 0.6) is 5.75 Å². The van der Waals surface area contributed by atoms with Crippen LogP contribution >= 0.6 is 0 Å². The van der Waals surface area contributed by atoms with E-state index in [-0.39, 0.29) is 11.4 Å². The lowest BCUT2D eigenvalue weighted by Gasteiger charge is -2.18. The van der Waals surface area contributed by atoms with E-state index >= 15 is 0 Å². The van der Waals surface area contributed by atoms with Gasteiger partial charge < -0.3 is 14.6 Å². The third-order valence-electron chi connectivity index (χ3n) is 5.53. The van der Waals surface area contributed by atoms with Crippen LogP contribution in [-0.4, -0.2) is 24.1 Å². The Kier molecular flexibility index (Phi) is 6.90. The molecule has 0 radical (unpaired) electrons. The summed E-state index contributed by atoms with van der Waals surface area (Å²) in [5, 5.41) is 2.59. The third kappa shape index (κ3) is 5.02. The average molecular weight is 423 g/mol. The van der Waals surface area contributed by atoms with Gasteiger partial charge in [-0.1, -0.05) is 18.2 Å². The standard InChI is InChI=1S/C25H27FN2O3/c1-16-11-21(17(2)18(3)25(16)31-10-9-27-15-29)12-19-5-7-22(23(26)13-19)20-6-8-24(30)28(4)14-20/h5-8,11,13-15H,9-10,12H2,1-4H3,(H,27,29). The van der Waals surface area contributed by atoms with Gasteiger partial charge in [0.15, 0.2) is 0 Å². The van der Waals surface area contributed by atoms with E-state index in [2.05, 4.69) is 11.4 Å². The number of hydrogen-bond acceptors (Lipinski definition) is 3. The first kappa shape index (κ1) is 22.3. The minimum atomic E-state index is -0.315. The van der Waals surface area contributed by atoms with Gasteiger partial charge in [0.1, 0.15) is 18.2 Å². The third-order valence-corrected chi connectivity index (χ3v) is 5.53. The summed E-state index contributed by atoms with van der Waals surface area (Å²) in [6, 6.07) is 10.4. The molecule has 1 N–H and O–H groups in total. The monoisotopic (exact) mass is 422 g/mol. The molecular weight excluding hydrogens is 395 g/mol. The molecule has 0 saturated heterocycles. The molecule has 0 aliphatic carbocycles. The van der Waals surface area contributed by atoms with Gasteiger partial charge in [0.05, 0.1) is 6.54 Å². The van der Waals surface area contributed by atoms with Crippen molar-refractivity contribution < 1.29 is 13.9 Å². The van der Waals surface area contributed by atoms with Gasteiger partial charge in [-0.3, -0.25) is 9.59 Å². The molecule has 3 aromatic rings. The molecule has 0 spiro atoms. The number of benzene rings is 2. The van der Waals surface area contributed by atoms with Crippen molar-refractivity contribution in [2.75, 3.05) is 13.2 Å². The number of nitrogens with zero attached hydrogens (tertiary/aromatic N) is 1. The highest BCUT2D eigenvalue weighted by Crippen LogP contribution is 2.31. The molecule has 0 unspecified atom stereocenters. The molecule has 0 aliphatic rings. The van der Waals surface area contributed by atoms with Crippen molar-refractivity contribution in [3.05, 3.63) is 86.6 Å². The zero-order valence-corrected chi connectivity index (χ0v) is 18.3. The van der Waals surface area contributed by atoms with Gasteiger partial charge in [-0.05, 0) is 67.1 Å². The predicted molar refractivity (Wildman–Crippen MR) is 120 cm³/mol.